The second-order valence-electron chi connectivity index (χ2n) is 3.49. The van der Waals surface area contributed by atoms with Crippen LogP contribution < -0.4 is 4.74 Å². The number of carbonyl (C=O) groups is 1. The molecule has 1 N–H and O–H groups in total. The second-order valence-corrected chi connectivity index (χ2v) is 3.90. The van der Waals surface area contributed by atoms with E-state index in [1.165, 1.54) is 18.2 Å². The van der Waals surface area contributed by atoms with Gasteiger partial charge in [-0.2, -0.15) is 0 Å². The predicted octanol–water partition coefficient (Wildman–Crippen LogP) is 2.66. The van der Waals surface area contributed by atoms with Crippen molar-refractivity contribution in [1.82, 2.24) is 0 Å². The molecule has 0 aliphatic carbocycles. The summed E-state index contributed by atoms with van der Waals surface area (Å²) in [4.78, 5) is 20.3. The van der Waals surface area contributed by atoms with E-state index in [0.29, 0.717) is 11.3 Å². The van der Waals surface area contributed by atoms with E-state index in [1.807, 2.05) is 0 Å². The minimum Gasteiger partial charge on any atom is -0.489 e. The van der Waals surface area contributed by atoms with Crippen LogP contribution >= 0.6 is 11.6 Å². The highest BCUT2D eigenvalue weighted by Gasteiger charge is 2.12. The Morgan fingerprint density at radius 3 is 2.78 bits per heavy atom. The van der Waals surface area contributed by atoms with Crippen LogP contribution in [0.2, 0.25) is 5.02 Å². The molecule has 1 aromatic carbocycles. The van der Waals surface area contributed by atoms with Gasteiger partial charge in [0.1, 0.15) is 17.4 Å². The second kappa shape index (κ2) is 6.02. The maximum atomic E-state index is 10.5. The minimum absolute atomic E-state index is 0.0302. The third-order valence-corrected chi connectivity index (χ3v) is 2.25. The number of hydrogen-bond acceptors (Lipinski definition) is 4. The minimum atomic E-state index is -1.06. The van der Waals surface area contributed by atoms with Gasteiger partial charge in [0.05, 0.1) is 4.92 Å². The lowest BCUT2D eigenvalue weighted by molar-refractivity contribution is -0.384. The van der Waals surface area contributed by atoms with Crippen LogP contribution in [0.1, 0.15) is 6.92 Å². The highest BCUT2D eigenvalue weighted by atomic mass is 35.5. The third-order valence-electron chi connectivity index (χ3n) is 1.95. The van der Waals surface area contributed by atoms with Crippen molar-refractivity contribution in [3.05, 3.63) is 45.0 Å². The van der Waals surface area contributed by atoms with Gasteiger partial charge in [-0.3, -0.25) is 10.1 Å². The summed E-state index contributed by atoms with van der Waals surface area (Å²) >= 11 is 5.69. The molecule has 0 aromatic heterocycles. The van der Waals surface area contributed by atoms with E-state index in [1.54, 1.807) is 6.92 Å². The molecule has 96 valence electrons. The third kappa shape index (κ3) is 4.06. The van der Waals surface area contributed by atoms with E-state index in [9.17, 15) is 14.9 Å². The van der Waals surface area contributed by atoms with Gasteiger partial charge in [0.15, 0.2) is 0 Å². The van der Waals surface area contributed by atoms with Gasteiger partial charge in [-0.1, -0.05) is 11.6 Å². The van der Waals surface area contributed by atoms with E-state index in [-0.39, 0.29) is 17.3 Å². The van der Waals surface area contributed by atoms with Crippen LogP contribution in [0.25, 0.3) is 0 Å². The number of rotatable bonds is 5. The fraction of sp³-hybridized carbons (Fsp3) is 0.182. The number of aliphatic carboxylic acids is 1. The molecule has 0 atom stereocenters. The van der Waals surface area contributed by atoms with Crippen LogP contribution in [0, 0.1) is 10.1 Å². The summed E-state index contributed by atoms with van der Waals surface area (Å²) in [6.45, 7) is 1.67. The van der Waals surface area contributed by atoms with E-state index < -0.39 is 10.9 Å². The Morgan fingerprint density at radius 2 is 2.28 bits per heavy atom. The van der Waals surface area contributed by atoms with Crippen LogP contribution in [0.3, 0.4) is 0 Å². The summed E-state index contributed by atoms with van der Waals surface area (Å²) in [6.07, 6.45) is 1.02. The van der Waals surface area contributed by atoms with E-state index in [0.717, 1.165) is 6.08 Å². The molecular weight excluding hydrogens is 262 g/mol. The lowest BCUT2D eigenvalue weighted by Crippen LogP contribution is -2.01. The van der Waals surface area contributed by atoms with Crippen molar-refractivity contribution in [3.8, 4) is 5.75 Å². The maximum Gasteiger partial charge on any atom is 0.328 e. The zero-order valence-corrected chi connectivity index (χ0v) is 10.2. The molecule has 0 heterocycles. The van der Waals surface area contributed by atoms with Crippen molar-refractivity contribution in [1.29, 1.82) is 0 Å². The molecule has 0 amide bonds. The summed E-state index contributed by atoms with van der Waals surface area (Å²) in [7, 11) is 0. The van der Waals surface area contributed by atoms with Crippen molar-refractivity contribution >= 4 is 23.3 Å². The summed E-state index contributed by atoms with van der Waals surface area (Å²) in [5.41, 5.74) is 0.304. The zero-order chi connectivity index (χ0) is 13.7. The number of nitro benzene ring substituents is 1. The van der Waals surface area contributed by atoms with E-state index >= 15 is 0 Å². The quantitative estimate of drug-likeness (QED) is 0.505. The lowest BCUT2D eigenvalue weighted by atomic mass is 10.3. The smallest absolute Gasteiger partial charge is 0.328 e. The first-order chi connectivity index (χ1) is 8.40. The average molecular weight is 272 g/mol. The van der Waals surface area contributed by atoms with E-state index in [2.05, 4.69) is 0 Å². The highest BCUT2D eigenvalue weighted by Crippen LogP contribution is 2.28. The molecule has 7 heteroatoms. The van der Waals surface area contributed by atoms with Crippen LogP contribution in [-0.2, 0) is 4.79 Å². The predicted molar refractivity (Wildman–Crippen MR) is 65.0 cm³/mol. The number of nitrogens with zero attached hydrogens (tertiary/aromatic N) is 1. The Kier molecular flexibility index (Phi) is 4.67. The van der Waals surface area contributed by atoms with Gasteiger partial charge in [0.25, 0.3) is 5.69 Å². The summed E-state index contributed by atoms with van der Waals surface area (Å²) < 4.78 is 5.25. The zero-order valence-electron chi connectivity index (χ0n) is 9.42. The molecule has 18 heavy (non-hydrogen) atoms. The molecule has 0 aliphatic rings. The number of carboxylic acid groups (broad SMARTS) is 1. The number of benzene rings is 1. The lowest BCUT2D eigenvalue weighted by Gasteiger charge is -2.06. The van der Waals surface area contributed by atoms with Crippen LogP contribution in [0.4, 0.5) is 5.69 Å². The summed E-state index contributed by atoms with van der Waals surface area (Å²) in [5, 5.41) is 19.0. The fourth-order valence-electron chi connectivity index (χ4n) is 1.18. The maximum absolute atomic E-state index is 10.5. The van der Waals surface area contributed by atoms with Gasteiger partial charge >= 0.3 is 5.97 Å². The van der Waals surface area contributed by atoms with Crippen molar-refractivity contribution in [3.63, 3.8) is 0 Å². The van der Waals surface area contributed by atoms with Crippen molar-refractivity contribution in [2.75, 3.05) is 6.61 Å². The molecule has 1 aromatic rings. The van der Waals surface area contributed by atoms with Gasteiger partial charge in [0.2, 0.25) is 0 Å². The largest absolute Gasteiger partial charge is 0.489 e. The molecule has 1 rings (SSSR count). The van der Waals surface area contributed by atoms with Crippen LogP contribution in [0.5, 0.6) is 5.75 Å². The number of hydrogen-bond donors (Lipinski definition) is 1. The molecule has 0 unspecified atom stereocenters. The van der Waals surface area contributed by atoms with Gasteiger partial charge in [-0.25, -0.2) is 4.79 Å². The molecule has 6 nitrogen and oxygen atoms in total. The van der Waals surface area contributed by atoms with Crippen molar-refractivity contribution < 1.29 is 19.6 Å². The molecule has 0 radical (unpaired) electrons. The van der Waals surface area contributed by atoms with Crippen molar-refractivity contribution in [2.45, 2.75) is 6.92 Å². The molecule has 0 saturated carbocycles. The molecule has 0 fully saturated rings. The van der Waals surface area contributed by atoms with Gasteiger partial charge in [-0.05, 0) is 18.6 Å². The highest BCUT2D eigenvalue weighted by molar-refractivity contribution is 6.32. The SMILES string of the molecule is CC(=CC(=O)O)COc1ccc([N+](=O)[O-])c(Cl)c1. The number of nitro groups is 1. The fourth-order valence-corrected chi connectivity index (χ4v) is 1.41. The van der Waals surface area contributed by atoms with Gasteiger partial charge < -0.3 is 9.84 Å². The van der Waals surface area contributed by atoms with Crippen molar-refractivity contribution in [2.24, 2.45) is 0 Å². The Labute approximate surface area is 108 Å². The Morgan fingerprint density at radius 1 is 1.61 bits per heavy atom. The number of ether oxygens (including phenoxy) is 1. The standard InChI is InChI=1S/C11H10ClNO5/c1-7(4-11(14)15)6-18-8-2-3-10(13(16)17)9(12)5-8/h2-5H,6H2,1H3,(H,14,15). The molecule has 0 bridgehead atoms. The monoisotopic (exact) mass is 271 g/mol. The Hall–Kier alpha value is -2.08. The molecular formula is C11H10ClNO5. The Bertz CT molecular complexity index is 512. The normalized spacial score (nSPS) is 11.1. The molecule has 0 spiro atoms. The molecule has 0 saturated heterocycles. The van der Waals surface area contributed by atoms with Crippen LogP contribution in [0.15, 0.2) is 29.8 Å². The van der Waals surface area contributed by atoms with Gasteiger partial charge in [-0.15, -0.1) is 0 Å². The Balaban J connectivity index is 2.73. The number of carboxylic acids is 1. The van der Waals surface area contributed by atoms with Gasteiger partial charge in [0, 0.05) is 18.2 Å². The molecule has 0 aliphatic heterocycles. The first-order valence-corrected chi connectivity index (χ1v) is 5.25. The average Bonchev–Trinajstić information content (AvgIpc) is 2.25. The number of halogens is 1. The summed E-state index contributed by atoms with van der Waals surface area (Å²) in [6, 6.07) is 3.94. The topological polar surface area (TPSA) is 89.7 Å². The summed E-state index contributed by atoms with van der Waals surface area (Å²) in [5.74, 6) is -0.721. The first kappa shape index (κ1) is 14.0. The van der Waals surface area contributed by atoms with E-state index in [4.69, 9.17) is 21.4 Å². The van der Waals surface area contributed by atoms with Crippen LogP contribution in [-0.4, -0.2) is 22.6 Å². The first-order valence-electron chi connectivity index (χ1n) is 4.87.